The van der Waals surface area contributed by atoms with Crippen LogP contribution in [0.25, 0.3) is 11.3 Å². The van der Waals surface area contributed by atoms with Crippen LogP contribution < -0.4 is 10.5 Å². The lowest BCUT2D eigenvalue weighted by atomic mass is 10.1. The normalized spacial score (nSPS) is 10.3. The summed E-state index contributed by atoms with van der Waals surface area (Å²) in [5, 5.41) is 3.63. The molecule has 0 saturated carbocycles. The van der Waals surface area contributed by atoms with E-state index in [4.69, 9.17) is 15.0 Å². The number of anilines is 1. The van der Waals surface area contributed by atoms with Crippen LogP contribution in [0.1, 0.15) is 0 Å². The van der Waals surface area contributed by atoms with Crippen molar-refractivity contribution < 1.29 is 9.26 Å². The molecular formula is C10H9BrN2O2. The van der Waals surface area contributed by atoms with Crippen LogP contribution in [0.3, 0.4) is 0 Å². The number of nitrogens with two attached hydrogens (primary N) is 1. The average Bonchev–Trinajstić information content (AvgIpc) is 2.64. The first-order valence-corrected chi connectivity index (χ1v) is 5.06. The van der Waals surface area contributed by atoms with E-state index in [2.05, 4.69) is 21.1 Å². The molecule has 2 rings (SSSR count). The van der Waals surface area contributed by atoms with E-state index in [1.54, 1.807) is 13.2 Å². The summed E-state index contributed by atoms with van der Waals surface area (Å²) in [6.45, 7) is 0. The number of nitrogen functional groups attached to an aromatic ring is 1. The minimum atomic E-state index is 0.356. The van der Waals surface area contributed by atoms with Crippen molar-refractivity contribution in [3.63, 3.8) is 0 Å². The van der Waals surface area contributed by atoms with E-state index >= 15 is 0 Å². The maximum Gasteiger partial charge on any atom is 0.172 e. The Morgan fingerprint density at radius 1 is 1.40 bits per heavy atom. The molecule has 78 valence electrons. The van der Waals surface area contributed by atoms with Gasteiger partial charge in [0.1, 0.15) is 5.75 Å². The van der Waals surface area contributed by atoms with Crippen LogP contribution in [-0.4, -0.2) is 12.3 Å². The fourth-order valence-corrected chi connectivity index (χ4v) is 1.62. The number of ether oxygens (including phenoxy) is 1. The van der Waals surface area contributed by atoms with Crippen molar-refractivity contribution >= 4 is 21.7 Å². The van der Waals surface area contributed by atoms with Gasteiger partial charge < -0.3 is 15.0 Å². The molecule has 2 aromatic rings. The van der Waals surface area contributed by atoms with E-state index in [1.165, 1.54) is 0 Å². The maximum atomic E-state index is 5.48. The van der Waals surface area contributed by atoms with Crippen LogP contribution in [0.4, 0.5) is 5.82 Å². The molecule has 0 atom stereocenters. The Balaban J connectivity index is 2.52. The molecule has 2 N–H and O–H groups in total. The summed E-state index contributed by atoms with van der Waals surface area (Å²) < 4.78 is 11.2. The summed E-state index contributed by atoms with van der Waals surface area (Å²) >= 11 is 3.36. The number of methoxy groups -OCH3 is 1. The van der Waals surface area contributed by atoms with E-state index in [0.717, 1.165) is 10.0 Å². The number of halogens is 1. The lowest BCUT2D eigenvalue weighted by molar-refractivity contribution is 0.406. The average molecular weight is 269 g/mol. The van der Waals surface area contributed by atoms with Gasteiger partial charge in [0, 0.05) is 10.5 Å². The Morgan fingerprint density at radius 2 is 2.20 bits per heavy atom. The molecule has 1 aromatic carbocycles. The molecule has 4 nitrogen and oxygen atoms in total. The second kappa shape index (κ2) is 3.94. The monoisotopic (exact) mass is 268 g/mol. The summed E-state index contributed by atoms with van der Waals surface area (Å²) in [6.07, 6.45) is 0. The smallest absolute Gasteiger partial charge is 0.172 e. The third-order valence-electron chi connectivity index (χ3n) is 1.96. The lowest BCUT2D eigenvalue weighted by Gasteiger charge is -2.05. The van der Waals surface area contributed by atoms with Gasteiger partial charge in [-0.05, 0) is 18.2 Å². The molecule has 0 spiro atoms. The van der Waals surface area contributed by atoms with Crippen molar-refractivity contribution in [1.82, 2.24) is 5.16 Å². The van der Waals surface area contributed by atoms with E-state index in [9.17, 15) is 0 Å². The zero-order chi connectivity index (χ0) is 10.8. The predicted octanol–water partition coefficient (Wildman–Crippen LogP) is 2.69. The van der Waals surface area contributed by atoms with Gasteiger partial charge in [-0.3, -0.25) is 0 Å². The van der Waals surface area contributed by atoms with Gasteiger partial charge in [0.05, 0.1) is 12.7 Å². The van der Waals surface area contributed by atoms with Gasteiger partial charge in [0.25, 0.3) is 0 Å². The second-order valence-corrected chi connectivity index (χ2v) is 3.88. The largest absolute Gasteiger partial charge is 0.496 e. The number of hydrogen-bond donors (Lipinski definition) is 1. The highest BCUT2D eigenvalue weighted by Crippen LogP contribution is 2.33. The molecule has 1 aromatic heterocycles. The molecule has 0 aliphatic rings. The summed E-state index contributed by atoms with van der Waals surface area (Å²) in [5.41, 5.74) is 6.31. The Kier molecular flexibility index (Phi) is 2.64. The third-order valence-corrected chi connectivity index (χ3v) is 2.45. The summed E-state index contributed by atoms with van der Waals surface area (Å²) in [6, 6.07) is 7.29. The zero-order valence-corrected chi connectivity index (χ0v) is 9.61. The zero-order valence-electron chi connectivity index (χ0n) is 8.03. The van der Waals surface area contributed by atoms with Gasteiger partial charge in [-0.15, -0.1) is 0 Å². The van der Waals surface area contributed by atoms with Crippen molar-refractivity contribution in [2.75, 3.05) is 12.8 Å². The van der Waals surface area contributed by atoms with Crippen LogP contribution in [0.15, 0.2) is 33.3 Å². The Bertz CT molecular complexity index is 482. The Labute approximate surface area is 95.1 Å². The van der Waals surface area contributed by atoms with E-state index in [0.29, 0.717) is 17.3 Å². The lowest BCUT2D eigenvalue weighted by Crippen LogP contribution is -1.86. The van der Waals surface area contributed by atoms with Gasteiger partial charge in [0.15, 0.2) is 11.6 Å². The summed E-state index contributed by atoms with van der Waals surface area (Å²) in [5.74, 6) is 1.66. The van der Waals surface area contributed by atoms with Gasteiger partial charge in [0.2, 0.25) is 0 Å². The van der Waals surface area contributed by atoms with Gasteiger partial charge in [-0.25, -0.2) is 0 Å². The minimum Gasteiger partial charge on any atom is -0.496 e. The first-order valence-electron chi connectivity index (χ1n) is 4.27. The second-order valence-electron chi connectivity index (χ2n) is 2.96. The Morgan fingerprint density at radius 3 is 2.80 bits per heavy atom. The molecule has 0 aliphatic heterocycles. The molecule has 1 heterocycles. The molecule has 0 bridgehead atoms. The highest BCUT2D eigenvalue weighted by molar-refractivity contribution is 9.10. The van der Waals surface area contributed by atoms with E-state index in [1.807, 2.05) is 18.2 Å². The number of benzene rings is 1. The molecule has 0 amide bonds. The highest BCUT2D eigenvalue weighted by atomic mass is 79.9. The van der Waals surface area contributed by atoms with Gasteiger partial charge >= 0.3 is 0 Å². The number of rotatable bonds is 2. The molecular weight excluding hydrogens is 260 g/mol. The van der Waals surface area contributed by atoms with Crippen molar-refractivity contribution in [3.8, 4) is 17.1 Å². The van der Waals surface area contributed by atoms with E-state index in [-0.39, 0.29) is 0 Å². The molecule has 0 fully saturated rings. The number of hydrogen-bond acceptors (Lipinski definition) is 4. The van der Waals surface area contributed by atoms with Gasteiger partial charge in [-0.2, -0.15) is 0 Å². The minimum absolute atomic E-state index is 0.356. The van der Waals surface area contributed by atoms with Crippen LogP contribution >= 0.6 is 15.9 Å². The standard InChI is InChI=1S/C10H9BrN2O2/c1-14-8-4-6(11)2-3-7(8)9-5-10(12)13-15-9/h2-5H,1H3,(H2,12,13). The molecule has 5 heteroatoms. The summed E-state index contributed by atoms with van der Waals surface area (Å²) in [7, 11) is 1.60. The van der Waals surface area contributed by atoms with Crippen molar-refractivity contribution in [2.45, 2.75) is 0 Å². The first kappa shape index (κ1) is 10.0. The third kappa shape index (κ3) is 1.97. The number of aromatic nitrogens is 1. The molecule has 0 unspecified atom stereocenters. The topological polar surface area (TPSA) is 61.3 Å². The van der Waals surface area contributed by atoms with Crippen molar-refractivity contribution in [3.05, 3.63) is 28.7 Å². The molecule has 0 aliphatic carbocycles. The van der Waals surface area contributed by atoms with E-state index < -0.39 is 0 Å². The number of nitrogens with zero attached hydrogens (tertiary/aromatic N) is 1. The fraction of sp³-hybridized carbons (Fsp3) is 0.100. The van der Waals surface area contributed by atoms with Gasteiger partial charge in [-0.1, -0.05) is 21.1 Å². The molecule has 15 heavy (non-hydrogen) atoms. The molecule has 0 saturated heterocycles. The maximum absolute atomic E-state index is 5.48. The molecule has 0 radical (unpaired) electrons. The SMILES string of the molecule is COc1cc(Br)ccc1-c1cc(N)no1. The summed E-state index contributed by atoms with van der Waals surface area (Å²) in [4.78, 5) is 0. The first-order chi connectivity index (χ1) is 7.20. The van der Waals surface area contributed by atoms with Crippen LogP contribution in [0.2, 0.25) is 0 Å². The highest BCUT2D eigenvalue weighted by Gasteiger charge is 2.10. The quantitative estimate of drug-likeness (QED) is 0.910. The van der Waals surface area contributed by atoms with Crippen LogP contribution in [-0.2, 0) is 0 Å². The fourth-order valence-electron chi connectivity index (χ4n) is 1.28. The van der Waals surface area contributed by atoms with Crippen molar-refractivity contribution in [1.29, 1.82) is 0 Å². The predicted molar refractivity (Wildman–Crippen MR) is 60.6 cm³/mol. The van der Waals surface area contributed by atoms with Crippen LogP contribution in [0.5, 0.6) is 5.75 Å². The Hall–Kier alpha value is -1.49. The van der Waals surface area contributed by atoms with Crippen molar-refractivity contribution in [2.24, 2.45) is 0 Å². The van der Waals surface area contributed by atoms with Crippen LogP contribution in [0, 0.1) is 0 Å².